The van der Waals surface area contributed by atoms with Crippen LogP contribution in [0.3, 0.4) is 0 Å². The monoisotopic (exact) mass is 554 g/mol. The number of fused-ring (bicyclic) bond motifs is 2. The largest absolute Gasteiger partial charge is 0.294 e. The maximum atomic E-state index is 13.5. The predicted octanol–water partition coefficient (Wildman–Crippen LogP) is 3.63. The van der Waals surface area contributed by atoms with Crippen molar-refractivity contribution in [3.8, 4) is 11.3 Å². The molecular weight excluding hydrogens is 523 g/mol. The third kappa shape index (κ3) is 4.81. The van der Waals surface area contributed by atoms with Gasteiger partial charge in [-0.15, -0.1) is 15.7 Å². The lowest BCUT2D eigenvalue weighted by Gasteiger charge is -2.42. The van der Waals surface area contributed by atoms with Gasteiger partial charge in [-0.05, 0) is 79.3 Å². The first-order valence-electron chi connectivity index (χ1n) is 13.2. The molecule has 0 radical (unpaired) electrons. The van der Waals surface area contributed by atoms with E-state index in [0.29, 0.717) is 23.3 Å². The van der Waals surface area contributed by atoms with Crippen LogP contribution in [0.1, 0.15) is 52.6 Å². The Hall–Kier alpha value is -2.60. The molecule has 1 saturated heterocycles. The summed E-state index contributed by atoms with van der Waals surface area (Å²) >= 11 is 1.39. The zero-order chi connectivity index (χ0) is 26.4. The van der Waals surface area contributed by atoms with E-state index in [-0.39, 0.29) is 6.42 Å². The van der Waals surface area contributed by atoms with Gasteiger partial charge in [0.1, 0.15) is 10.4 Å². The molecule has 8 nitrogen and oxygen atoms in total. The molecule has 0 aromatic carbocycles. The van der Waals surface area contributed by atoms with E-state index in [9.17, 15) is 13.4 Å². The van der Waals surface area contributed by atoms with E-state index in [0.717, 1.165) is 89.0 Å². The first-order valence-corrected chi connectivity index (χ1v) is 15.6. The number of nitrogens with two attached hydrogens (primary N) is 1. The SMILES string of the molecule is CCc1ccnnc1-c1cnc2c(c1CC(=O)N=S(N)(=O)c1cc3c(s1)CCC(N1CC(F)C1)C3)CCC2. The van der Waals surface area contributed by atoms with Crippen molar-refractivity contribution in [2.45, 2.75) is 74.7 Å². The van der Waals surface area contributed by atoms with Crippen LogP contribution in [0, 0.1) is 0 Å². The number of hydrogen-bond acceptors (Lipinski definition) is 7. The molecule has 6 rings (SSSR count). The fourth-order valence-electron chi connectivity index (χ4n) is 5.92. The van der Waals surface area contributed by atoms with E-state index in [1.165, 1.54) is 11.3 Å². The molecule has 0 saturated carbocycles. The second-order valence-electron chi connectivity index (χ2n) is 10.4. The van der Waals surface area contributed by atoms with Crippen molar-refractivity contribution < 1.29 is 13.4 Å². The number of rotatable bonds is 6. The Balaban J connectivity index is 1.28. The van der Waals surface area contributed by atoms with Crippen molar-refractivity contribution in [2.75, 3.05) is 13.1 Å². The Bertz CT molecular complexity index is 1520. The van der Waals surface area contributed by atoms with Gasteiger partial charge < -0.3 is 0 Å². The second kappa shape index (κ2) is 10.2. The van der Waals surface area contributed by atoms with Gasteiger partial charge in [-0.3, -0.25) is 14.7 Å². The highest BCUT2D eigenvalue weighted by Gasteiger charge is 2.35. The van der Waals surface area contributed by atoms with Crippen LogP contribution in [-0.2, 0) is 53.2 Å². The van der Waals surface area contributed by atoms with E-state index in [1.54, 1.807) is 12.4 Å². The summed E-state index contributed by atoms with van der Waals surface area (Å²) in [5.74, 6) is -0.514. The summed E-state index contributed by atoms with van der Waals surface area (Å²) in [4.78, 5) is 21.2. The highest BCUT2D eigenvalue weighted by atomic mass is 32.2. The molecule has 2 unspecified atom stereocenters. The van der Waals surface area contributed by atoms with E-state index >= 15 is 0 Å². The van der Waals surface area contributed by atoms with E-state index in [4.69, 9.17) is 5.14 Å². The van der Waals surface area contributed by atoms with Crippen LogP contribution >= 0.6 is 11.3 Å². The fourth-order valence-corrected chi connectivity index (χ4v) is 8.52. The molecule has 2 atom stereocenters. The lowest BCUT2D eigenvalue weighted by atomic mass is 9.91. The molecule has 1 aliphatic heterocycles. The normalized spacial score (nSPS) is 20.9. The Morgan fingerprint density at radius 2 is 2.16 bits per heavy atom. The minimum Gasteiger partial charge on any atom is -0.294 e. The molecule has 4 heterocycles. The average molecular weight is 555 g/mol. The van der Waals surface area contributed by atoms with E-state index in [1.807, 2.05) is 12.1 Å². The van der Waals surface area contributed by atoms with Gasteiger partial charge in [0.05, 0.1) is 12.1 Å². The zero-order valence-electron chi connectivity index (χ0n) is 21.4. The van der Waals surface area contributed by atoms with Crippen molar-refractivity contribution in [2.24, 2.45) is 9.50 Å². The smallest absolute Gasteiger partial charge is 0.259 e. The Labute approximate surface area is 226 Å². The van der Waals surface area contributed by atoms with Gasteiger partial charge in [0.15, 0.2) is 9.92 Å². The number of alkyl halides is 1. The van der Waals surface area contributed by atoms with Crippen LogP contribution in [0.15, 0.2) is 33.1 Å². The van der Waals surface area contributed by atoms with Crippen molar-refractivity contribution in [3.05, 3.63) is 57.4 Å². The van der Waals surface area contributed by atoms with Crippen molar-refractivity contribution in [1.82, 2.24) is 20.1 Å². The van der Waals surface area contributed by atoms with Gasteiger partial charge in [0.2, 0.25) is 0 Å². The summed E-state index contributed by atoms with van der Waals surface area (Å²) in [5, 5.41) is 14.7. The maximum Gasteiger partial charge on any atom is 0.259 e. The first-order chi connectivity index (χ1) is 18.3. The number of nitrogens with zero attached hydrogens (tertiary/aromatic N) is 5. The van der Waals surface area contributed by atoms with Crippen LogP contribution in [0.5, 0.6) is 0 Å². The molecule has 3 aliphatic rings. The first kappa shape index (κ1) is 25.7. The number of halogens is 1. The molecule has 1 fully saturated rings. The number of thiophene rings is 1. The maximum absolute atomic E-state index is 13.5. The highest BCUT2D eigenvalue weighted by molar-refractivity contribution is 7.93. The number of pyridine rings is 1. The minimum absolute atomic E-state index is 0.0133. The number of likely N-dealkylation sites (tertiary alicyclic amines) is 1. The zero-order valence-corrected chi connectivity index (χ0v) is 23.0. The number of carbonyl (C=O) groups is 1. The van der Waals surface area contributed by atoms with Gasteiger partial charge in [0, 0.05) is 47.7 Å². The van der Waals surface area contributed by atoms with Gasteiger partial charge in [0.25, 0.3) is 5.91 Å². The molecule has 2 N–H and O–H groups in total. The van der Waals surface area contributed by atoms with Gasteiger partial charge in [-0.1, -0.05) is 6.92 Å². The summed E-state index contributed by atoms with van der Waals surface area (Å²) in [6.45, 7) is 3.03. The molecule has 2 aliphatic carbocycles. The van der Waals surface area contributed by atoms with E-state index in [2.05, 4.69) is 31.4 Å². The molecule has 0 spiro atoms. The summed E-state index contributed by atoms with van der Waals surface area (Å²) < 4.78 is 31.4. The van der Waals surface area contributed by atoms with Crippen LogP contribution in [0.25, 0.3) is 11.3 Å². The Morgan fingerprint density at radius 3 is 2.95 bits per heavy atom. The molecule has 38 heavy (non-hydrogen) atoms. The van der Waals surface area contributed by atoms with Gasteiger partial charge >= 0.3 is 0 Å². The topological polar surface area (TPSA) is 114 Å². The summed E-state index contributed by atoms with van der Waals surface area (Å²) in [5.41, 5.74) is 6.50. The number of carbonyl (C=O) groups excluding carboxylic acids is 1. The fraction of sp³-hybridized carbons (Fsp3) is 0.481. The molecule has 11 heteroatoms. The molecule has 1 amide bonds. The highest BCUT2D eigenvalue weighted by Crippen LogP contribution is 2.36. The summed E-state index contributed by atoms with van der Waals surface area (Å²) in [7, 11) is -3.39. The Kier molecular flexibility index (Phi) is 6.88. The molecule has 0 bridgehead atoms. The van der Waals surface area contributed by atoms with Crippen molar-refractivity contribution in [3.63, 3.8) is 0 Å². The lowest BCUT2D eigenvalue weighted by molar-refractivity contribution is -0.117. The van der Waals surface area contributed by atoms with Gasteiger partial charge in [-0.25, -0.2) is 13.7 Å². The quantitative estimate of drug-likeness (QED) is 0.498. The van der Waals surface area contributed by atoms with Crippen LogP contribution in [-0.4, -0.2) is 55.5 Å². The Morgan fingerprint density at radius 1 is 1.32 bits per heavy atom. The third-order valence-corrected chi connectivity index (χ3v) is 11.1. The predicted molar refractivity (Wildman–Crippen MR) is 145 cm³/mol. The van der Waals surface area contributed by atoms with Crippen molar-refractivity contribution >= 4 is 27.2 Å². The van der Waals surface area contributed by atoms with Crippen LogP contribution in [0.4, 0.5) is 4.39 Å². The standard InChI is InChI=1S/C27H31FN6O2S2/c1-2-16-8-9-31-32-27(16)22-13-30-23-5-3-4-20(23)21(22)12-25(35)33-38(29,36)26-11-17-10-19(6-7-24(17)37-26)34-14-18(28)15-34/h8-9,11,13,18-19H,2-7,10,12,14-15H2,1H3,(H2,29,33,35,36). The number of hydrogen-bond donors (Lipinski definition) is 1. The lowest BCUT2D eigenvalue weighted by Crippen LogP contribution is -2.54. The molecule has 200 valence electrons. The number of aryl methyl sites for hydroxylation is 3. The van der Waals surface area contributed by atoms with Gasteiger partial charge in [-0.2, -0.15) is 10.2 Å². The third-order valence-electron chi connectivity index (χ3n) is 7.94. The van der Waals surface area contributed by atoms with E-state index < -0.39 is 22.0 Å². The number of aromatic nitrogens is 3. The minimum atomic E-state index is -3.39. The molecular formula is C27H31FN6O2S2. The van der Waals surface area contributed by atoms with Crippen molar-refractivity contribution in [1.29, 1.82) is 0 Å². The van der Waals surface area contributed by atoms with Crippen LogP contribution in [0.2, 0.25) is 0 Å². The summed E-state index contributed by atoms with van der Waals surface area (Å²) in [6, 6.07) is 4.07. The number of amides is 1. The van der Waals surface area contributed by atoms with Crippen LogP contribution < -0.4 is 5.14 Å². The molecule has 3 aromatic heterocycles. The summed E-state index contributed by atoms with van der Waals surface area (Å²) in [6.07, 6.45) is 8.71. The molecule has 3 aromatic rings. The second-order valence-corrected chi connectivity index (χ2v) is 13.5. The average Bonchev–Trinajstić information content (AvgIpc) is 3.54.